The summed E-state index contributed by atoms with van der Waals surface area (Å²) in [5.41, 5.74) is -4.37. The number of hydrogen-bond acceptors (Lipinski definition) is 3. The lowest BCUT2D eigenvalue weighted by Crippen LogP contribution is -2.52. The zero-order valence-electron chi connectivity index (χ0n) is 15.0. The number of halogens is 6. The van der Waals surface area contributed by atoms with Gasteiger partial charge < -0.3 is 0 Å². The zero-order valence-corrected chi connectivity index (χ0v) is 15.0. The van der Waals surface area contributed by atoms with Crippen LogP contribution in [0.5, 0.6) is 0 Å². The van der Waals surface area contributed by atoms with E-state index in [2.05, 4.69) is 0 Å². The Bertz CT molecular complexity index is 798. The van der Waals surface area contributed by atoms with Gasteiger partial charge in [0.25, 0.3) is 0 Å². The van der Waals surface area contributed by atoms with Crippen molar-refractivity contribution < 1.29 is 40.9 Å². The maximum Gasteiger partial charge on any atom is 0.417 e. The van der Waals surface area contributed by atoms with Crippen LogP contribution < -0.4 is 0 Å². The summed E-state index contributed by atoms with van der Waals surface area (Å²) < 4.78 is 78.2. The normalized spacial score (nSPS) is 31.4. The van der Waals surface area contributed by atoms with Crippen LogP contribution in [0.2, 0.25) is 0 Å². The summed E-state index contributed by atoms with van der Waals surface area (Å²) >= 11 is 0. The third-order valence-electron chi connectivity index (χ3n) is 5.47. The Morgan fingerprint density at radius 2 is 1.82 bits per heavy atom. The Hall–Kier alpha value is -1.87. The lowest BCUT2D eigenvalue weighted by atomic mass is 9.71. The van der Waals surface area contributed by atoms with Gasteiger partial charge in [-0.15, -0.1) is 0 Å². The topological polar surface area (TPSA) is 35.5 Å². The van der Waals surface area contributed by atoms with Crippen molar-refractivity contribution in [2.45, 2.75) is 50.7 Å². The van der Waals surface area contributed by atoms with Gasteiger partial charge in [0.2, 0.25) is 0 Å². The van der Waals surface area contributed by atoms with E-state index < -0.39 is 40.7 Å². The van der Waals surface area contributed by atoms with Crippen LogP contribution in [-0.2, 0) is 26.9 Å². The van der Waals surface area contributed by atoms with E-state index in [1.807, 2.05) is 0 Å². The van der Waals surface area contributed by atoms with Crippen molar-refractivity contribution in [3.8, 4) is 0 Å². The highest BCUT2D eigenvalue weighted by atomic mass is 19.4. The van der Waals surface area contributed by atoms with Crippen molar-refractivity contribution in [2.75, 3.05) is 0 Å². The van der Waals surface area contributed by atoms with E-state index in [0.29, 0.717) is 12.5 Å². The van der Waals surface area contributed by atoms with Crippen molar-refractivity contribution in [2.24, 2.45) is 11.8 Å². The smallest absolute Gasteiger partial charge is 0.299 e. The molecule has 0 spiro atoms. The van der Waals surface area contributed by atoms with E-state index in [9.17, 15) is 31.1 Å². The minimum absolute atomic E-state index is 0.0188. The first-order valence-corrected chi connectivity index (χ1v) is 8.66. The number of fused-ring (bicyclic) bond motifs is 2. The highest BCUT2D eigenvalue weighted by Gasteiger charge is 2.49. The van der Waals surface area contributed by atoms with Gasteiger partial charge in [-0.05, 0) is 37.1 Å². The first-order chi connectivity index (χ1) is 12.8. The number of alkyl halides is 6. The van der Waals surface area contributed by atoms with Crippen molar-refractivity contribution in [3.63, 3.8) is 0 Å². The highest BCUT2D eigenvalue weighted by molar-refractivity contribution is 5.82. The fourth-order valence-electron chi connectivity index (χ4n) is 3.54. The van der Waals surface area contributed by atoms with E-state index in [4.69, 9.17) is 9.78 Å². The number of hydrogen-bond donors (Lipinski definition) is 0. The van der Waals surface area contributed by atoms with Gasteiger partial charge in [0.15, 0.2) is 0 Å². The molecular weight excluding hydrogens is 390 g/mol. The molecule has 0 amide bonds. The van der Waals surface area contributed by atoms with Crippen LogP contribution in [0.15, 0.2) is 24.3 Å². The van der Waals surface area contributed by atoms with Gasteiger partial charge >= 0.3 is 12.4 Å². The molecule has 0 aromatic heterocycles. The van der Waals surface area contributed by atoms with Crippen LogP contribution in [0.3, 0.4) is 0 Å². The van der Waals surface area contributed by atoms with Gasteiger partial charge in [0.1, 0.15) is 17.5 Å². The Labute approximate surface area is 157 Å². The van der Waals surface area contributed by atoms with Crippen LogP contribution in [0.1, 0.15) is 43.4 Å². The summed E-state index contributed by atoms with van der Waals surface area (Å²) in [6, 6.07) is 1.45. The molecule has 0 radical (unpaired) electrons. The van der Waals surface area contributed by atoms with E-state index in [0.717, 1.165) is 12.1 Å². The SMILES string of the molecule is CC1C(=O)CC2CC1OOC2(C)C=Cc1ccc(C(F)(F)F)cc1C(F)(F)F. The zero-order chi connectivity index (χ0) is 20.9. The first-order valence-electron chi connectivity index (χ1n) is 8.66. The molecule has 3 rings (SSSR count). The Morgan fingerprint density at radius 3 is 2.43 bits per heavy atom. The van der Waals surface area contributed by atoms with Crippen LogP contribution in [-0.4, -0.2) is 17.5 Å². The van der Waals surface area contributed by atoms with Gasteiger partial charge in [-0.2, -0.15) is 26.3 Å². The van der Waals surface area contributed by atoms with E-state index in [1.165, 1.54) is 6.08 Å². The van der Waals surface area contributed by atoms with Crippen molar-refractivity contribution in [1.82, 2.24) is 0 Å². The molecule has 28 heavy (non-hydrogen) atoms. The van der Waals surface area contributed by atoms with Crippen LogP contribution >= 0.6 is 0 Å². The molecule has 1 aliphatic heterocycles. The van der Waals surface area contributed by atoms with Gasteiger partial charge in [0, 0.05) is 18.3 Å². The molecule has 2 bridgehead atoms. The number of Topliss-reactive ketones (excluding diaryl/α,β-unsaturated/α-hetero) is 1. The molecule has 1 saturated heterocycles. The van der Waals surface area contributed by atoms with E-state index >= 15 is 0 Å². The number of carbonyl (C=O) groups is 1. The monoisotopic (exact) mass is 408 g/mol. The van der Waals surface area contributed by atoms with Gasteiger partial charge in [-0.25, -0.2) is 9.78 Å². The second-order valence-electron chi connectivity index (χ2n) is 7.42. The Balaban J connectivity index is 1.92. The number of rotatable bonds is 2. The Morgan fingerprint density at radius 1 is 1.14 bits per heavy atom. The Kier molecular flexibility index (Phi) is 5.12. The highest BCUT2D eigenvalue weighted by Crippen LogP contribution is 2.44. The molecule has 1 heterocycles. The van der Waals surface area contributed by atoms with Crippen molar-refractivity contribution in [1.29, 1.82) is 0 Å². The van der Waals surface area contributed by atoms with Gasteiger partial charge in [-0.3, -0.25) is 4.79 Å². The number of ketones is 1. The van der Waals surface area contributed by atoms with Crippen LogP contribution in [0.4, 0.5) is 26.3 Å². The minimum atomic E-state index is -4.97. The molecule has 1 aromatic carbocycles. The number of benzene rings is 1. The molecule has 3 nitrogen and oxygen atoms in total. The summed E-state index contributed by atoms with van der Waals surface area (Å²) in [7, 11) is 0. The molecule has 2 fully saturated rings. The third-order valence-corrected chi connectivity index (χ3v) is 5.47. The predicted molar refractivity (Wildman–Crippen MR) is 86.7 cm³/mol. The minimum Gasteiger partial charge on any atom is -0.299 e. The molecule has 154 valence electrons. The standard InChI is InChI=1S/C19H18F6O3/c1-10-15(26)8-13-9-16(10)27-28-17(13,2)6-5-11-3-4-12(18(20,21)22)7-14(11)19(23,24)25/h3-7,10,13,16H,8-9H2,1-2H3. The van der Waals surface area contributed by atoms with Gasteiger partial charge in [0.05, 0.1) is 11.1 Å². The van der Waals surface area contributed by atoms with Crippen LogP contribution in [0.25, 0.3) is 6.08 Å². The lowest BCUT2D eigenvalue weighted by molar-refractivity contribution is -0.415. The molecule has 4 unspecified atom stereocenters. The number of carbonyl (C=O) groups excluding carboxylic acids is 1. The molecule has 2 aliphatic rings. The van der Waals surface area contributed by atoms with Crippen molar-refractivity contribution >= 4 is 11.9 Å². The third kappa shape index (κ3) is 3.96. The average molecular weight is 408 g/mol. The van der Waals surface area contributed by atoms with Gasteiger partial charge in [-0.1, -0.05) is 19.1 Å². The maximum absolute atomic E-state index is 13.3. The molecule has 1 saturated carbocycles. The second-order valence-corrected chi connectivity index (χ2v) is 7.42. The summed E-state index contributed by atoms with van der Waals surface area (Å²) in [6.07, 6.45) is -7.18. The lowest BCUT2D eigenvalue weighted by Gasteiger charge is -2.45. The van der Waals surface area contributed by atoms with E-state index in [1.54, 1.807) is 13.8 Å². The first kappa shape index (κ1) is 20.9. The fourth-order valence-corrected chi connectivity index (χ4v) is 3.54. The molecule has 9 heteroatoms. The summed E-state index contributed by atoms with van der Waals surface area (Å²) in [6.45, 7) is 3.30. The fraction of sp³-hybridized carbons (Fsp3) is 0.526. The molecule has 4 atom stereocenters. The largest absolute Gasteiger partial charge is 0.417 e. The van der Waals surface area contributed by atoms with Crippen molar-refractivity contribution in [3.05, 3.63) is 41.0 Å². The summed E-state index contributed by atoms with van der Waals surface area (Å²) in [4.78, 5) is 22.7. The maximum atomic E-state index is 13.3. The molecule has 1 aromatic rings. The predicted octanol–water partition coefficient (Wildman–Crippen LogP) is 5.44. The summed E-state index contributed by atoms with van der Waals surface area (Å²) in [5.74, 6) is -0.638. The van der Waals surface area contributed by atoms with E-state index in [-0.39, 0.29) is 30.1 Å². The quantitative estimate of drug-likeness (QED) is 0.483. The molecule has 0 N–H and O–H groups in total. The average Bonchev–Trinajstić information content (AvgIpc) is 2.59. The van der Waals surface area contributed by atoms with Crippen LogP contribution in [0, 0.1) is 11.8 Å². The summed E-state index contributed by atoms with van der Waals surface area (Å²) in [5, 5.41) is 0. The molecular formula is C19H18F6O3. The second kappa shape index (κ2) is 6.88. The molecule has 1 aliphatic carbocycles.